The van der Waals surface area contributed by atoms with Crippen LogP contribution in [0.3, 0.4) is 0 Å². The van der Waals surface area contributed by atoms with Gasteiger partial charge in [0.25, 0.3) is 0 Å². The second-order valence-corrected chi connectivity index (χ2v) is 10.5. The Balaban J connectivity index is 1.53. The van der Waals surface area contributed by atoms with Gasteiger partial charge in [-0.3, -0.25) is 9.48 Å². The van der Waals surface area contributed by atoms with Crippen LogP contribution in [0.4, 0.5) is 13.2 Å². The van der Waals surface area contributed by atoms with Crippen molar-refractivity contribution in [1.29, 1.82) is 0 Å². The minimum Gasteiger partial charge on any atom is -0.487 e. The summed E-state index contributed by atoms with van der Waals surface area (Å²) in [6.45, 7) is 0.522. The number of halogens is 4. The highest BCUT2D eigenvalue weighted by atomic mass is 79.9. The van der Waals surface area contributed by atoms with E-state index in [9.17, 15) is 23.1 Å². The Morgan fingerprint density at radius 3 is 2.59 bits per heavy atom. The fourth-order valence-corrected chi connectivity index (χ4v) is 5.60. The molecule has 8 nitrogen and oxygen atoms in total. The van der Waals surface area contributed by atoms with Crippen LogP contribution in [0.1, 0.15) is 48.7 Å². The first-order chi connectivity index (χ1) is 18.6. The number of hydrogen-bond acceptors (Lipinski definition) is 5. The molecule has 0 radical (unpaired) electrons. The Kier molecular flexibility index (Phi) is 7.57. The van der Waals surface area contributed by atoms with Crippen molar-refractivity contribution in [3.8, 4) is 11.5 Å². The smallest absolute Gasteiger partial charge is 0.487 e. The molecule has 0 unspecified atom stereocenters. The predicted molar refractivity (Wildman–Crippen MR) is 140 cm³/mol. The number of nitrogens with zero attached hydrogens (tertiary/aromatic N) is 4. The first kappa shape index (κ1) is 27.0. The number of carboxylic acids is 1. The van der Waals surface area contributed by atoms with Crippen LogP contribution >= 0.6 is 15.9 Å². The molecule has 0 aliphatic heterocycles. The van der Waals surface area contributed by atoms with Gasteiger partial charge in [0, 0.05) is 29.7 Å². The lowest BCUT2D eigenvalue weighted by atomic mass is 9.78. The van der Waals surface area contributed by atoms with E-state index in [1.807, 2.05) is 36.0 Å². The molecule has 206 valence electrons. The first-order valence-corrected chi connectivity index (χ1v) is 13.2. The topological polar surface area (TPSA) is 91.4 Å². The van der Waals surface area contributed by atoms with Crippen molar-refractivity contribution in [2.24, 2.45) is 13.0 Å². The van der Waals surface area contributed by atoms with E-state index in [-0.39, 0.29) is 24.8 Å². The second kappa shape index (κ2) is 10.9. The molecular formula is C27H26BrF3N4O4. The number of imidazole rings is 1. The van der Waals surface area contributed by atoms with E-state index in [0.717, 1.165) is 24.1 Å². The van der Waals surface area contributed by atoms with E-state index in [0.29, 0.717) is 40.0 Å². The van der Waals surface area contributed by atoms with E-state index < -0.39 is 18.2 Å². The van der Waals surface area contributed by atoms with Gasteiger partial charge in [0.05, 0.1) is 29.2 Å². The van der Waals surface area contributed by atoms with E-state index >= 15 is 0 Å². The van der Waals surface area contributed by atoms with Crippen molar-refractivity contribution in [3.63, 3.8) is 0 Å². The third-order valence-corrected chi connectivity index (χ3v) is 7.64. The van der Waals surface area contributed by atoms with Crippen molar-refractivity contribution < 1.29 is 32.5 Å². The molecule has 12 heteroatoms. The summed E-state index contributed by atoms with van der Waals surface area (Å²) in [5.41, 5.74) is 2.87. The van der Waals surface area contributed by atoms with Crippen molar-refractivity contribution in [2.45, 2.75) is 51.1 Å². The number of aryl methyl sites for hydroxylation is 1. The van der Waals surface area contributed by atoms with Crippen LogP contribution in [-0.4, -0.2) is 36.8 Å². The van der Waals surface area contributed by atoms with Gasteiger partial charge in [0.15, 0.2) is 0 Å². The molecule has 0 saturated heterocycles. The Morgan fingerprint density at radius 1 is 1.13 bits per heavy atom. The van der Waals surface area contributed by atoms with Crippen molar-refractivity contribution in [1.82, 2.24) is 19.3 Å². The molecule has 0 spiro atoms. The van der Waals surface area contributed by atoms with Gasteiger partial charge in [-0.05, 0) is 48.7 Å². The minimum atomic E-state index is -4.80. The number of carboxylic acid groups (broad SMARTS) is 1. The zero-order valence-electron chi connectivity index (χ0n) is 21.0. The molecule has 0 bridgehead atoms. The standard InChI is InChI=1S/C27H26BrF3N4O4/c1-34-11-10-17(33-34)15-38-18-8-9-23-24(13-18)35(25(32-23)20-4-2-3-5-21(20)26(36)37)14-16-6-7-19(12-22(16)28)39-27(29,30)31/h6-13,20-21H,2-5,14-15H2,1H3,(H,36,37)/t20-,21+/m1/s1. The van der Waals surface area contributed by atoms with Gasteiger partial charge in [0.1, 0.15) is 23.9 Å². The summed E-state index contributed by atoms with van der Waals surface area (Å²) in [6.07, 6.45) is 0.00862. The lowest BCUT2D eigenvalue weighted by Crippen LogP contribution is -2.27. The number of ether oxygens (including phenoxy) is 2. The molecule has 1 fully saturated rings. The number of hydrogen-bond donors (Lipinski definition) is 1. The van der Waals surface area contributed by atoms with Crippen LogP contribution in [0.25, 0.3) is 11.0 Å². The molecule has 4 aromatic rings. The number of alkyl halides is 3. The second-order valence-electron chi connectivity index (χ2n) is 9.61. The average Bonchev–Trinajstić information content (AvgIpc) is 3.46. The molecule has 2 heterocycles. The Morgan fingerprint density at radius 2 is 1.90 bits per heavy atom. The van der Waals surface area contributed by atoms with Gasteiger partial charge < -0.3 is 19.1 Å². The molecule has 1 saturated carbocycles. The number of rotatable bonds is 8. The van der Waals surface area contributed by atoms with Crippen molar-refractivity contribution in [3.05, 3.63) is 70.2 Å². The number of aliphatic carboxylic acids is 1. The number of fused-ring (bicyclic) bond motifs is 1. The van der Waals surface area contributed by atoms with Gasteiger partial charge in [-0.1, -0.05) is 34.8 Å². The fraction of sp³-hybridized carbons (Fsp3) is 0.370. The first-order valence-electron chi connectivity index (χ1n) is 12.5. The van der Waals surface area contributed by atoms with Crippen molar-refractivity contribution >= 4 is 32.9 Å². The summed E-state index contributed by atoms with van der Waals surface area (Å²) >= 11 is 3.38. The van der Waals surface area contributed by atoms with E-state index in [1.165, 1.54) is 12.1 Å². The lowest BCUT2D eigenvalue weighted by Gasteiger charge is -2.28. The maximum atomic E-state index is 12.7. The van der Waals surface area contributed by atoms with Crippen LogP contribution in [0.5, 0.6) is 11.5 Å². The van der Waals surface area contributed by atoms with Gasteiger partial charge in [-0.2, -0.15) is 5.10 Å². The molecule has 2 aromatic heterocycles. The molecule has 0 amide bonds. The maximum Gasteiger partial charge on any atom is 0.573 e. The molecule has 1 N–H and O–H groups in total. The highest BCUT2D eigenvalue weighted by molar-refractivity contribution is 9.10. The number of aromatic nitrogens is 4. The summed E-state index contributed by atoms with van der Waals surface area (Å²) in [5, 5.41) is 14.3. The summed E-state index contributed by atoms with van der Waals surface area (Å²) in [4.78, 5) is 17.0. The summed E-state index contributed by atoms with van der Waals surface area (Å²) < 4.78 is 52.2. The third-order valence-electron chi connectivity index (χ3n) is 6.91. The van der Waals surface area contributed by atoms with Gasteiger partial charge in [-0.25, -0.2) is 4.98 Å². The third kappa shape index (κ3) is 6.21. The van der Waals surface area contributed by atoms with Crippen LogP contribution in [0.15, 0.2) is 53.1 Å². The lowest BCUT2D eigenvalue weighted by molar-refractivity contribution is -0.274. The molecule has 1 aliphatic rings. The molecular weight excluding hydrogens is 581 g/mol. The highest BCUT2D eigenvalue weighted by Crippen LogP contribution is 2.40. The number of benzene rings is 2. The van der Waals surface area contributed by atoms with Gasteiger partial charge >= 0.3 is 12.3 Å². The Hall–Kier alpha value is -3.54. The van der Waals surface area contributed by atoms with Gasteiger partial charge in [0.2, 0.25) is 0 Å². The zero-order chi connectivity index (χ0) is 27.7. The number of carbonyl (C=O) groups is 1. The van der Waals surface area contributed by atoms with Gasteiger partial charge in [-0.15, -0.1) is 13.2 Å². The van der Waals surface area contributed by atoms with Crippen molar-refractivity contribution in [2.75, 3.05) is 0 Å². The summed E-state index contributed by atoms with van der Waals surface area (Å²) in [6, 6.07) is 11.4. The Labute approximate surface area is 230 Å². The molecule has 2 aromatic carbocycles. The minimum absolute atomic E-state index is 0.255. The summed E-state index contributed by atoms with van der Waals surface area (Å²) in [5.74, 6) is -0.827. The summed E-state index contributed by atoms with van der Waals surface area (Å²) in [7, 11) is 1.82. The zero-order valence-corrected chi connectivity index (χ0v) is 22.6. The fourth-order valence-electron chi connectivity index (χ4n) is 5.12. The van der Waals surface area contributed by atoms with E-state index in [2.05, 4.69) is 25.8 Å². The van der Waals surface area contributed by atoms with Crippen LogP contribution in [0.2, 0.25) is 0 Å². The predicted octanol–water partition coefficient (Wildman–Crippen LogP) is 6.42. The van der Waals surface area contributed by atoms with E-state index in [1.54, 1.807) is 16.8 Å². The molecule has 5 rings (SSSR count). The monoisotopic (exact) mass is 606 g/mol. The van der Waals surface area contributed by atoms with Crippen LogP contribution in [0, 0.1) is 5.92 Å². The SMILES string of the molecule is Cn1ccc(COc2ccc3nc([C@@H]4CCCC[C@@H]4C(=O)O)n(Cc4ccc(OC(F)(F)F)cc4Br)c3c2)n1. The quantitative estimate of drug-likeness (QED) is 0.249. The normalized spacial score (nSPS) is 17.9. The highest BCUT2D eigenvalue weighted by Gasteiger charge is 2.36. The maximum absolute atomic E-state index is 12.7. The molecule has 1 aliphatic carbocycles. The van der Waals surface area contributed by atoms with E-state index in [4.69, 9.17) is 9.72 Å². The Bertz CT molecular complexity index is 1500. The molecule has 2 atom stereocenters. The average molecular weight is 607 g/mol. The largest absolute Gasteiger partial charge is 0.573 e. The molecule has 39 heavy (non-hydrogen) atoms. The van der Waals surface area contributed by atoms with Crippen LogP contribution in [-0.2, 0) is 25.0 Å². The van der Waals surface area contributed by atoms with Crippen LogP contribution < -0.4 is 9.47 Å².